The van der Waals surface area contributed by atoms with Crippen LogP contribution in [0.2, 0.25) is 0 Å². The number of methoxy groups -OCH3 is 1. The number of hydrogen-bond donors (Lipinski definition) is 1. The van der Waals surface area contributed by atoms with E-state index in [0.29, 0.717) is 16.5 Å². The molecule has 2 heterocycles. The summed E-state index contributed by atoms with van der Waals surface area (Å²) >= 11 is 4.86. The van der Waals surface area contributed by atoms with Crippen molar-refractivity contribution >= 4 is 37.3 Å². The second kappa shape index (κ2) is 5.58. The van der Waals surface area contributed by atoms with Gasteiger partial charge in [-0.2, -0.15) is 0 Å². The summed E-state index contributed by atoms with van der Waals surface area (Å²) in [5, 5.41) is 7.20. The molecular weight excluding hydrogens is 352 g/mol. The molecule has 2 N–H and O–H groups in total. The van der Waals surface area contributed by atoms with Crippen molar-refractivity contribution in [3.05, 3.63) is 38.6 Å². The number of nitrogens with zero attached hydrogens (tertiary/aromatic N) is 1. The van der Waals surface area contributed by atoms with E-state index in [1.165, 1.54) is 13.3 Å². The number of rotatable bonds is 4. The van der Waals surface area contributed by atoms with Crippen LogP contribution in [0.1, 0.15) is 10.4 Å². The number of halogens is 1. The fourth-order valence-corrected chi connectivity index (χ4v) is 3.87. The van der Waals surface area contributed by atoms with Crippen molar-refractivity contribution in [2.24, 2.45) is 5.14 Å². The van der Waals surface area contributed by atoms with Crippen LogP contribution < -0.4 is 9.88 Å². The average molecular weight is 363 g/mol. The van der Waals surface area contributed by atoms with Crippen LogP contribution in [0.15, 0.2) is 33.1 Å². The predicted octanol–water partition coefficient (Wildman–Crippen LogP) is 2.15. The van der Waals surface area contributed by atoms with E-state index in [0.717, 1.165) is 4.88 Å². The smallest absolute Gasteiger partial charge is 0.243 e. The van der Waals surface area contributed by atoms with Crippen LogP contribution in [0, 0.1) is 0 Å². The molecule has 19 heavy (non-hydrogen) atoms. The van der Waals surface area contributed by atoms with E-state index in [4.69, 9.17) is 9.88 Å². The number of nitrogens with two attached hydrogens (primary N) is 1. The number of sulfonamides is 1. The van der Waals surface area contributed by atoms with Gasteiger partial charge in [-0.25, -0.2) is 18.5 Å². The zero-order chi connectivity index (χ0) is 14.0. The van der Waals surface area contributed by atoms with Crippen LogP contribution in [0.25, 0.3) is 0 Å². The number of aromatic nitrogens is 1. The van der Waals surface area contributed by atoms with Crippen molar-refractivity contribution in [2.75, 3.05) is 7.11 Å². The molecule has 0 aliphatic carbocycles. The fourth-order valence-electron chi connectivity index (χ4n) is 1.68. The molecule has 0 aliphatic rings. The van der Waals surface area contributed by atoms with E-state index in [1.54, 1.807) is 11.3 Å². The summed E-state index contributed by atoms with van der Waals surface area (Å²) in [5.74, 6) is 0.0113. The van der Waals surface area contributed by atoms with Crippen LogP contribution in [-0.4, -0.2) is 20.5 Å². The third-order valence-corrected chi connectivity index (χ3v) is 5.01. The van der Waals surface area contributed by atoms with Crippen LogP contribution in [-0.2, 0) is 16.4 Å². The first-order chi connectivity index (χ1) is 8.93. The Balaban J connectivity index is 2.64. The molecule has 102 valence electrons. The Morgan fingerprint density at radius 2 is 2.26 bits per heavy atom. The molecule has 5 nitrogen and oxygen atoms in total. The lowest BCUT2D eigenvalue weighted by atomic mass is 10.1. The van der Waals surface area contributed by atoms with Gasteiger partial charge < -0.3 is 4.74 Å². The van der Waals surface area contributed by atoms with Crippen molar-refractivity contribution < 1.29 is 13.2 Å². The Morgan fingerprint density at radius 3 is 2.79 bits per heavy atom. The molecule has 2 rings (SSSR count). The SMILES string of the molecule is COc1ncc(Br)c(Cc2cccs2)c1S(N)(=O)=O. The maximum atomic E-state index is 11.8. The van der Waals surface area contributed by atoms with Crippen LogP contribution in [0.3, 0.4) is 0 Å². The van der Waals surface area contributed by atoms with Gasteiger partial charge in [0.1, 0.15) is 4.90 Å². The summed E-state index contributed by atoms with van der Waals surface area (Å²) in [5.41, 5.74) is 0.553. The molecule has 0 saturated carbocycles. The Bertz CT molecular complexity index is 684. The average Bonchev–Trinajstić information content (AvgIpc) is 2.83. The third-order valence-electron chi connectivity index (χ3n) is 2.46. The molecule has 2 aromatic heterocycles. The summed E-state index contributed by atoms with van der Waals surface area (Å²) in [4.78, 5) is 4.88. The highest BCUT2D eigenvalue weighted by Gasteiger charge is 2.24. The van der Waals surface area contributed by atoms with E-state index in [2.05, 4.69) is 20.9 Å². The van der Waals surface area contributed by atoms with Crippen molar-refractivity contribution in [1.29, 1.82) is 0 Å². The minimum Gasteiger partial charge on any atom is -0.480 e. The minimum atomic E-state index is -3.91. The maximum Gasteiger partial charge on any atom is 0.243 e. The normalized spacial score (nSPS) is 11.5. The molecule has 0 radical (unpaired) electrons. The van der Waals surface area contributed by atoms with E-state index in [-0.39, 0.29) is 10.8 Å². The van der Waals surface area contributed by atoms with E-state index >= 15 is 0 Å². The summed E-state index contributed by atoms with van der Waals surface area (Å²) in [6.45, 7) is 0. The van der Waals surface area contributed by atoms with Gasteiger partial charge in [0, 0.05) is 22.0 Å². The second-order valence-corrected chi connectivity index (χ2v) is 7.11. The highest BCUT2D eigenvalue weighted by molar-refractivity contribution is 9.10. The van der Waals surface area contributed by atoms with Gasteiger partial charge >= 0.3 is 0 Å². The number of primary sulfonamides is 1. The van der Waals surface area contributed by atoms with Crippen molar-refractivity contribution in [3.8, 4) is 5.88 Å². The second-order valence-electron chi connectivity index (χ2n) is 3.72. The summed E-state index contributed by atoms with van der Waals surface area (Å²) in [6, 6.07) is 3.83. The first-order valence-electron chi connectivity index (χ1n) is 5.20. The minimum absolute atomic E-state index is 0.0113. The van der Waals surface area contributed by atoms with Gasteiger partial charge in [0.25, 0.3) is 0 Å². The Labute approximate surface area is 123 Å². The predicted molar refractivity (Wildman–Crippen MR) is 77.0 cm³/mol. The highest BCUT2D eigenvalue weighted by Crippen LogP contribution is 2.32. The monoisotopic (exact) mass is 362 g/mol. The largest absolute Gasteiger partial charge is 0.480 e. The molecule has 0 bridgehead atoms. The maximum absolute atomic E-state index is 11.8. The lowest BCUT2D eigenvalue weighted by Gasteiger charge is -2.12. The molecule has 0 atom stereocenters. The number of pyridine rings is 1. The Kier molecular flexibility index (Phi) is 4.24. The van der Waals surface area contributed by atoms with Gasteiger partial charge in [0.05, 0.1) is 7.11 Å². The molecule has 2 aromatic rings. The standard InChI is InChI=1S/C11H11BrN2O3S2/c1-17-11-10(19(13,15)16)8(9(12)6-14-11)5-7-3-2-4-18-7/h2-4,6H,5H2,1H3,(H2,13,15,16). The Hall–Kier alpha value is -0.960. The van der Waals surface area contributed by atoms with Gasteiger partial charge in [-0.1, -0.05) is 6.07 Å². The van der Waals surface area contributed by atoms with Gasteiger partial charge in [0.2, 0.25) is 15.9 Å². The van der Waals surface area contributed by atoms with Gasteiger partial charge in [0.15, 0.2) is 0 Å². The number of ether oxygens (including phenoxy) is 1. The van der Waals surface area contributed by atoms with Crippen LogP contribution in [0.4, 0.5) is 0 Å². The third kappa shape index (κ3) is 3.14. The lowest BCUT2D eigenvalue weighted by Crippen LogP contribution is -2.17. The molecule has 0 fully saturated rings. The molecule has 8 heteroatoms. The summed E-state index contributed by atoms with van der Waals surface area (Å²) in [7, 11) is -2.55. The van der Waals surface area contributed by atoms with Gasteiger partial charge in [-0.15, -0.1) is 11.3 Å². The number of hydrogen-bond acceptors (Lipinski definition) is 5. The van der Waals surface area contributed by atoms with Gasteiger partial charge in [-0.05, 0) is 32.9 Å². The lowest BCUT2D eigenvalue weighted by molar-refractivity contribution is 0.383. The number of thiophene rings is 1. The quantitative estimate of drug-likeness (QED) is 0.903. The Morgan fingerprint density at radius 1 is 1.53 bits per heavy atom. The highest BCUT2D eigenvalue weighted by atomic mass is 79.9. The molecule has 0 aromatic carbocycles. The van der Waals surface area contributed by atoms with Crippen molar-refractivity contribution in [3.63, 3.8) is 0 Å². The van der Waals surface area contributed by atoms with Gasteiger partial charge in [-0.3, -0.25) is 0 Å². The zero-order valence-corrected chi connectivity index (χ0v) is 13.2. The molecule has 0 saturated heterocycles. The van der Waals surface area contributed by atoms with Crippen LogP contribution >= 0.6 is 27.3 Å². The zero-order valence-electron chi connectivity index (χ0n) is 9.96. The molecule has 0 unspecified atom stereocenters. The van der Waals surface area contributed by atoms with E-state index in [9.17, 15) is 8.42 Å². The fraction of sp³-hybridized carbons (Fsp3) is 0.182. The molecule has 0 spiro atoms. The summed E-state index contributed by atoms with van der Waals surface area (Å²) in [6.07, 6.45) is 1.96. The van der Waals surface area contributed by atoms with Crippen LogP contribution in [0.5, 0.6) is 5.88 Å². The first kappa shape index (κ1) is 14.4. The molecular formula is C11H11BrN2O3S2. The van der Waals surface area contributed by atoms with E-state index < -0.39 is 10.0 Å². The molecule has 0 amide bonds. The first-order valence-corrected chi connectivity index (χ1v) is 8.42. The van der Waals surface area contributed by atoms with Crippen molar-refractivity contribution in [2.45, 2.75) is 11.3 Å². The topological polar surface area (TPSA) is 82.3 Å². The van der Waals surface area contributed by atoms with Crippen molar-refractivity contribution in [1.82, 2.24) is 4.98 Å². The molecule has 0 aliphatic heterocycles. The van der Waals surface area contributed by atoms with E-state index in [1.807, 2.05) is 17.5 Å². The summed E-state index contributed by atoms with van der Waals surface area (Å²) < 4.78 is 29.1.